The Bertz CT molecular complexity index is 535. The normalized spacial score (nSPS) is 13.0. The van der Waals surface area contributed by atoms with Gasteiger partial charge < -0.3 is 14.5 Å². The summed E-state index contributed by atoms with van der Waals surface area (Å²) < 4.78 is 11.0. The molecule has 1 heterocycles. The molecule has 1 atom stereocenters. The van der Waals surface area contributed by atoms with Gasteiger partial charge in [0.1, 0.15) is 11.6 Å². The molecule has 0 saturated heterocycles. The van der Waals surface area contributed by atoms with Gasteiger partial charge in [0.05, 0.1) is 0 Å². The van der Waals surface area contributed by atoms with Crippen molar-refractivity contribution >= 4 is 17.9 Å². The molecule has 0 aromatic carbocycles. The summed E-state index contributed by atoms with van der Waals surface area (Å²) in [7, 11) is 0. The SMILES string of the molecule is C=C(C)CSc1nnc([C@H](CC(C)C)NC(=O)OC(C)(C)C)o1. The molecule has 0 fully saturated rings. The number of alkyl carbamates (subject to hydrolysis) is 1. The standard InChI is InChI=1S/C16H27N3O3S/c1-10(2)8-12(17-14(20)22-16(5,6)7)13-18-19-15(21-13)23-9-11(3)4/h10,12H,3,8-9H2,1-2,4-7H3,(H,17,20)/t12-/m0/s1. The van der Waals surface area contributed by atoms with Gasteiger partial charge in [0, 0.05) is 5.75 Å². The molecule has 0 aliphatic heterocycles. The number of nitrogens with one attached hydrogen (secondary N) is 1. The molecule has 7 heteroatoms. The highest BCUT2D eigenvalue weighted by molar-refractivity contribution is 7.99. The highest BCUT2D eigenvalue weighted by Crippen LogP contribution is 2.25. The van der Waals surface area contributed by atoms with Crippen molar-refractivity contribution in [1.82, 2.24) is 15.5 Å². The monoisotopic (exact) mass is 341 g/mol. The number of amides is 1. The highest BCUT2D eigenvalue weighted by Gasteiger charge is 2.25. The van der Waals surface area contributed by atoms with Crippen LogP contribution in [0.25, 0.3) is 0 Å². The van der Waals surface area contributed by atoms with Crippen molar-refractivity contribution in [2.45, 2.75) is 64.8 Å². The molecule has 1 N–H and O–H groups in total. The number of rotatable bonds is 7. The number of carbonyl (C=O) groups is 1. The summed E-state index contributed by atoms with van der Waals surface area (Å²) in [5.41, 5.74) is 0.476. The van der Waals surface area contributed by atoms with E-state index in [-0.39, 0.29) is 6.04 Å². The van der Waals surface area contributed by atoms with E-state index in [1.165, 1.54) is 11.8 Å². The zero-order chi connectivity index (χ0) is 17.6. The first-order valence-electron chi connectivity index (χ1n) is 7.67. The fourth-order valence-corrected chi connectivity index (χ4v) is 2.36. The minimum absolute atomic E-state index is 0.355. The number of thioether (sulfide) groups is 1. The summed E-state index contributed by atoms with van der Waals surface area (Å²) >= 11 is 1.43. The number of carbonyl (C=O) groups excluding carboxylic acids is 1. The highest BCUT2D eigenvalue weighted by atomic mass is 32.2. The molecule has 23 heavy (non-hydrogen) atoms. The van der Waals surface area contributed by atoms with E-state index in [2.05, 4.69) is 35.9 Å². The average Bonchev–Trinajstić information content (AvgIpc) is 2.81. The van der Waals surface area contributed by atoms with Gasteiger partial charge in [-0.15, -0.1) is 10.2 Å². The Morgan fingerprint density at radius 3 is 2.57 bits per heavy atom. The van der Waals surface area contributed by atoms with Gasteiger partial charge in [-0.1, -0.05) is 37.8 Å². The van der Waals surface area contributed by atoms with E-state index >= 15 is 0 Å². The van der Waals surface area contributed by atoms with Crippen molar-refractivity contribution in [3.8, 4) is 0 Å². The van der Waals surface area contributed by atoms with Crippen molar-refractivity contribution in [3.63, 3.8) is 0 Å². The average molecular weight is 341 g/mol. The molecule has 0 spiro atoms. The predicted octanol–water partition coefficient (Wildman–Crippen LogP) is 4.35. The van der Waals surface area contributed by atoms with Crippen LogP contribution in [0.2, 0.25) is 0 Å². The largest absolute Gasteiger partial charge is 0.444 e. The molecule has 1 rings (SSSR count). The van der Waals surface area contributed by atoms with Crippen LogP contribution in [0.4, 0.5) is 4.79 Å². The molecule has 0 radical (unpaired) electrons. The van der Waals surface area contributed by atoms with E-state index in [0.29, 0.717) is 23.5 Å². The van der Waals surface area contributed by atoms with Crippen LogP contribution in [0.15, 0.2) is 21.8 Å². The van der Waals surface area contributed by atoms with Gasteiger partial charge in [-0.25, -0.2) is 4.79 Å². The minimum Gasteiger partial charge on any atom is -0.444 e. The summed E-state index contributed by atoms with van der Waals surface area (Å²) in [6.07, 6.45) is 0.198. The lowest BCUT2D eigenvalue weighted by atomic mass is 10.0. The summed E-state index contributed by atoms with van der Waals surface area (Å²) in [5, 5.41) is 11.4. The topological polar surface area (TPSA) is 77.2 Å². The summed E-state index contributed by atoms with van der Waals surface area (Å²) in [6.45, 7) is 15.4. The quantitative estimate of drug-likeness (QED) is 0.587. The summed E-state index contributed by atoms with van der Waals surface area (Å²) in [5.74, 6) is 1.47. The van der Waals surface area contributed by atoms with Gasteiger partial charge >= 0.3 is 6.09 Å². The van der Waals surface area contributed by atoms with E-state index in [4.69, 9.17) is 9.15 Å². The molecular formula is C16H27N3O3S. The third-order valence-corrected chi connectivity index (χ3v) is 3.61. The van der Waals surface area contributed by atoms with E-state index < -0.39 is 11.7 Å². The fraction of sp³-hybridized carbons (Fsp3) is 0.688. The lowest BCUT2D eigenvalue weighted by molar-refractivity contribution is 0.0487. The van der Waals surface area contributed by atoms with Crippen LogP contribution in [0.1, 0.15) is 59.9 Å². The molecule has 130 valence electrons. The van der Waals surface area contributed by atoms with Crippen LogP contribution in [0, 0.1) is 5.92 Å². The molecule has 1 aromatic rings. The van der Waals surface area contributed by atoms with Crippen molar-refractivity contribution < 1.29 is 13.9 Å². The van der Waals surface area contributed by atoms with Crippen LogP contribution in [0.5, 0.6) is 0 Å². The first kappa shape index (κ1) is 19.5. The number of hydrogen-bond donors (Lipinski definition) is 1. The maximum Gasteiger partial charge on any atom is 0.408 e. The van der Waals surface area contributed by atoms with Crippen LogP contribution in [-0.2, 0) is 4.74 Å². The van der Waals surface area contributed by atoms with Gasteiger partial charge in [-0.05, 0) is 40.0 Å². The number of hydrogen-bond acceptors (Lipinski definition) is 6. The lowest BCUT2D eigenvalue weighted by Gasteiger charge is -2.22. The van der Waals surface area contributed by atoms with Gasteiger partial charge in [-0.2, -0.15) is 0 Å². The van der Waals surface area contributed by atoms with Crippen LogP contribution >= 0.6 is 11.8 Å². The Morgan fingerprint density at radius 2 is 2.04 bits per heavy atom. The Balaban J connectivity index is 2.77. The smallest absolute Gasteiger partial charge is 0.408 e. The molecule has 0 aliphatic rings. The van der Waals surface area contributed by atoms with Crippen molar-refractivity contribution in [1.29, 1.82) is 0 Å². The van der Waals surface area contributed by atoms with Gasteiger partial charge in [0.25, 0.3) is 5.22 Å². The van der Waals surface area contributed by atoms with Crippen molar-refractivity contribution in [2.75, 3.05) is 5.75 Å². The van der Waals surface area contributed by atoms with Crippen LogP contribution in [-0.4, -0.2) is 27.6 Å². The van der Waals surface area contributed by atoms with E-state index in [0.717, 1.165) is 11.3 Å². The molecule has 0 saturated carbocycles. The van der Waals surface area contributed by atoms with Crippen molar-refractivity contribution in [3.05, 3.63) is 18.0 Å². The first-order chi connectivity index (χ1) is 10.6. The maximum absolute atomic E-state index is 12.0. The van der Waals surface area contributed by atoms with Gasteiger partial charge in [-0.3, -0.25) is 0 Å². The fourth-order valence-electron chi connectivity index (χ4n) is 1.75. The lowest BCUT2D eigenvalue weighted by Crippen LogP contribution is -2.35. The van der Waals surface area contributed by atoms with Crippen LogP contribution < -0.4 is 5.32 Å². The minimum atomic E-state index is -0.552. The zero-order valence-electron chi connectivity index (χ0n) is 14.8. The second-order valence-corrected chi connectivity index (χ2v) is 7.91. The Morgan fingerprint density at radius 1 is 1.39 bits per heavy atom. The molecule has 1 amide bonds. The second-order valence-electron chi connectivity index (χ2n) is 6.98. The Hall–Kier alpha value is -1.50. The summed E-state index contributed by atoms with van der Waals surface area (Å²) in [4.78, 5) is 12.0. The first-order valence-corrected chi connectivity index (χ1v) is 8.65. The molecule has 0 bridgehead atoms. The second kappa shape index (κ2) is 8.38. The summed E-state index contributed by atoms with van der Waals surface area (Å²) in [6, 6.07) is -0.364. The third-order valence-electron chi connectivity index (χ3n) is 2.56. The van der Waals surface area contributed by atoms with E-state index in [1.807, 2.05) is 27.7 Å². The van der Waals surface area contributed by atoms with E-state index in [1.54, 1.807) is 0 Å². The Kier molecular flexibility index (Phi) is 7.12. The number of ether oxygens (including phenoxy) is 1. The number of aromatic nitrogens is 2. The Labute approximate surface area is 142 Å². The van der Waals surface area contributed by atoms with Gasteiger partial charge in [0.15, 0.2) is 0 Å². The van der Waals surface area contributed by atoms with E-state index in [9.17, 15) is 4.79 Å². The van der Waals surface area contributed by atoms with Crippen LogP contribution in [0.3, 0.4) is 0 Å². The predicted molar refractivity (Wildman–Crippen MR) is 91.4 cm³/mol. The molecule has 0 unspecified atom stereocenters. The number of nitrogens with zero attached hydrogens (tertiary/aromatic N) is 2. The zero-order valence-corrected chi connectivity index (χ0v) is 15.6. The van der Waals surface area contributed by atoms with Crippen molar-refractivity contribution in [2.24, 2.45) is 5.92 Å². The maximum atomic E-state index is 12.0. The molecule has 1 aromatic heterocycles. The molecule has 6 nitrogen and oxygen atoms in total. The third kappa shape index (κ3) is 8.06. The molecular weight excluding hydrogens is 314 g/mol. The molecule has 0 aliphatic carbocycles. The van der Waals surface area contributed by atoms with Gasteiger partial charge in [0.2, 0.25) is 5.89 Å².